The monoisotopic (exact) mass is 429 g/mol. The Morgan fingerprint density at radius 2 is 2.10 bits per heavy atom. The van der Waals surface area contributed by atoms with Gasteiger partial charge in [-0.1, -0.05) is 27.7 Å². The van der Waals surface area contributed by atoms with Crippen molar-refractivity contribution in [1.82, 2.24) is 15.3 Å². The van der Waals surface area contributed by atoms with Crippen LogP contribution < -0.4 is 10.2 Å². The first-order valence-corrected chi connectivity index (χ1v) is 11.2. The van der Waals surface area contributed by atoms with Gasteiger partial charge >= 0.3 is 0 Å². The van der Waals surface area contributed by atoms with Crippen LogP contribution >= 0.6 is 11.3 Å². The number of aliphatic imine (C=N–C) groups is 1. The fourth-order valence-electron chi connectivity index (χ4n) is 3.69. The van der Waals surface area contributed by atoms with E-state index in [9.17, 15) is 9.59 Å². The third kappa shape index (κ3) is 4.64. The lowest BCUT2D eigenvalue weighted by atomic mass is 9.97. The first kappa shape index (κ1) is 22.2. The Morgan fingerprint density at radius 1 is 1.37 bits per heavy atom. The maximum Gasteiger partial charge on any atom is 0.244 e. The van der Waals surface area contributed by atoms with Crippen LogP contribution in [0.1, 0.15) is 56.2 Å². The van der Waals surface area contributed by atoms with Crippen molar-refractivity contribution in [1.29, 1.82) is 0 Å². The molecule has 2 aromatic heterocycles. The van der Waals surface area contributed by atoms with E-state index in [2.05, 4.69) is 36.1 Å². The highest BCUT2D eigenvalue weighted by Crippen LogP contribution is 2.33. The largest absolute Gasteiger partial charge is 0.356 e. The third-order valence-corrected chi connectivity index (χ3v) is 6.03. The van der Waals surface area contributed by atoms with Crippen molar-refractivity contribution in [3.8, 4) is 11.4 Å². The number of aryl methyl sites for hydroxylation is 1. The Labute approximate surface area is 182 Å². The first-order chi connectivity index (χ1) is 14.1. The van der Waals surface area contributed by atoms with Gasteiger partial charge in [0, 0.05) is 29.4 Å². The van der Waals surface area contributed by atoms with Crippen LogP contribution in [-0.2, 0) is 11.2 Å². The summed E-state index contributed by atoms with van der Waals surface area (Å²) >= 11 is 1.51. The second kappa shape index (κ2) is 8.71. The van der Waals surface area contributed by atoms with E-state index in [4.69, 9.17) is 4.98 Å². The molecule has 7 nitrogen and oxygen atoms in total. The second-order valence-electron chi connectivity index (χ2n) is 8.90. The molecule has 3 rings (SSSR count). The van der Waals surface area contributed by atoms with Gasteiger partial charge in [0.15, 0.2) is 10.9 Å². The average Bonchev–Trinajstić information content (AvgIpc) is 3.29. The van der Waals surface area contributed by atoms with Gasteiger partial charge in [-0.25, -0.2) is 4.98 Å². The van der Waals surface area contributed by atoms with Crippen LogP contribution in [0.2, 0.25) is 0 Å². The molecule has 162 valence electrons. The Hall–Kier alpha value is -2.48. The van der Waals surface area contributed by atoms with Crippen molar-refractivity contribution in [2.24, 2.45) is 10.4 Å². The SMILES string of the molecule is CCc1c(-c2csc(N3CC=NC[C@@H]3C(=O)NCC(C)(C)C)n2)[nH]c(C)c1C(C)=O. The topological polar surface area (TPSA) is 90.4 Å². The van der Waals surface area contributed by atoms with Crippen molar-refractivity contribution in [3.63, 3.8) is 0 Å². The van der Waals surface area contributed by atoms with E-state index in [1.165, 1.54) is 11.3 Å². The van der Waals surface area contributed by atoms with E-state index in [-0.39, 0.29) is 23.1 Å². The van der Waals surface area contributed by atoms with Crippen LogP contribution in [0.25, 0.3) is 11.4 Å². The van der Waals surface area contributed by atoms with Crippen LogP contribution in [-0.4, -0.2) is 53.5 Å². The van der Waals surface area contributed by atoms with Crippen LogP contribution in [0.5, 0.6) is 0 Å². The molecule has 0 fully saturated rings. The molecule has 1 aliphatic rings. The summed E-state index contributed by atoms with van der Waals surface area (Å²) in [6.07, 6.45) is 2.58. The number of nitrogens with one attached hydrogen (secondary N) is 2. The number of carbonyl (C=O) groups excluding carboxylic acids is 2. The number of amides is 1. The summed E-state index contributed by atoms with van der Waals surface area (Å²) in [5.41, 5.74) is 4.33. The van der Waals surface area contributed by atoms with Gasteiger partial charge in [-0.3, -0.25) is 14.6 Å². The summed E-state index contributed by atoms with van der Waals surface area (Å²) in [5, 5.41) is 5.82. The van der Waals surface area contributed by atoms with E-state index in [1.807, 2.05) is 30.3 Å². The molecule has 8 heteroatoms. The molecule has 0 unspecified atom stereocenters. The molecule has 1 amide bonds. The van der Waals surface area contributed by atoms with E-state index in [0.717, 1.165) is 39.8 Å². The number of thiazole rings is 1. The number of H-pyrrole nitrogens is 1. The summed E-state index contributed by atoms with van der Waals surface area (Å²) in [4.78, 5) is 39.4. The maximum atomic E-state index is 12.8. The Bertz CT molecular complexity index is 967. The number of aromatic amines is 1. The van der Waals surface area contributed by atoms with E-state index < -0.39 is 0 Å². The number of anilines is 1. The Morgan fingerprint density at radius 3 is 2.73 bits per heavy atom. The lowest BCUT2D eigenvalue weighted by molar-refractivity contribution is -0.122. The molecule has 1 aliphatic heterocycles. The van der Waals surface area contributed by atoms with E-state index >= 15 is 0 Å². The number of hydrogen-bond donors (Lipinski definition) is 2. The predicted octanol–water partition coefficient (Wildman–Crippen LogP) is 3.63. The summed E-state index contributed by atoms with van der Waals surface area (Å²) in [6.45, 7) is 13.4. The number of Topliss-reactive ketones (excluding diaryl/α,β-unsaturated/α-hetero) is 1. The standard InChI is InChI=1S/C22H31N5O2S/c1-7-15-18(14(3)28)13(2)25-19(15)16-11-30-21(26-16)27-9-8-23-10-17(27)20(29)24-12-22(4,5)6/h8,11,17,25H,7,9-10,12H2,1-6H3,(H,24,29)/t17-/m1/s1. The van der Waals surface area contributed by atoms with E-state index in [1.54, 1.807) is 6.92 Å². The molecule has 1 atom stereocenters. The predicted molar refractivity (Wildman–Crippen MR) is 123 cm³/mol. The molecule has 2 N–H and O–H groups in total. The molecule has 0 bridgehead atoms. The zero-order chi connectivity index (χ0) is 22.1. The normalized spacial score (nSPS) is 16.7. The van der Waals surface area contributed by atoms with Crippen molar-refractivity contribution >= 4 is 34.4 Å². The fraction of sp³-hybridized carbons (Fsp3) is 0.545. The highest BCUT2D eigenvalue weighted by Gasteiger charge is 2.30. The number of nitrogens with zero attached hydrogens (tertiary/aromatic N) is 3. The fourth-order valence-corrected chi connectivity index (χ4v) is 4.56. The highest BCUT2D eigenvalue weighted by atomic mass is 32.1. The highest BCUT2D eigenvalue weighted by molar-refractivity contribution is 7.14. The molecule has 0 radical (unpaired) electrons. The van der Waals surface area contributed by atoms with E-state index in [0.29, 0.717) is 19.6 Å². The van der Waals surface area contributed by atoms with Crippen LogP contribution in [0, 0.1) is 12.3 Å². The quantitative estimate of drug-likeness (QED) is 0.686. The molecule has 0 saturated heterocycles. The van der Waals surface area contributed by atoms with Gasteiger partial charge in [-0.15, -0.1) is 11.3 Å². The lowest BCUT2D eigenvalue weighted by Crippen LogP contribution is -2.52. The molecule has 0 saturated carbocycles. The molecule has 0 spiro atoms. The minimum absolute atomic E-state index is 0.0171. The molecular weight excluding hydrogens is 398 g/mol. The minimum Gasteiger partial charge on any atom is -0.356 e. The molecule has 3 heterocycles. The molecule has 0 aromatic carbocycles. The van der Waals surface area contributed by atoms with Crippen molar-refractivity contribution in [2.45, 2.75) is 54.0 Å². The van der Waals surface area contributed by atoms with Gasteiger partial charge in [0.2, 0.25) is 5.91 Å². The van der Waals surface area contributed by atoms with Crippen LogP contribution in [0.4, 0.5) is 5.13 Å². The number of hydrogen-bond acceptors (Lipinski definition) is 6. The van der Waals surface area contributed by atoms with Crippen LogP contribution in [0.3, 0.4) is 0 Å². The van der Waals surface area contributed by atoms with Gasteiger partial charge < -0.3 is 15.2 Å². The average molecular weight is 430 g/mol. The van der Waals surface area contributed by atoms with Gasteiger partial charge in [-0.2, -0.15) is 0 Å². The summed E-state index contributed by atoms with van der Waals surface area (Å²) in [6, 6.07) is -0.375. The van der Waals surface area contributed by atoms with Crippen molar-refractivity contribution < 1.29 is 9.59 Å². The molecular formula is C22H31N5O2S. The Kier molecular flexibility index (Phi) is 6.45. The Balaban J connectivity index is 1.88. The molecule has 0 aliphatic carbocycles. The van der Waals surface area contributed by atoms with Gasteiger partial charge in [0.05, 0.1) is 18.8 Å². The van der Waals surface area contributed by atoms with Gasteiger partial charge in [-0.05, 0) is 31.2 Å². The number of rotatable bonds is 6. The lowest BCUT2D eigenvalue weighted by Gasteiger charge is -2.32. The zero-order valence-electron chi connectivity index (χ0n) is 18.6. The van der Waals surface area contributed by atoms with Crippen molar-refractivity contribution in [3.05, 3.63) is 22.2 Å². The van der Waals surface area contributed by atoms with Crippen LogP contribution in [0.15, 0.2) is 10.4 Å². The number of ketones is 1. The second-order valence-corrected chi connectivity index (χ2v) is 9.73. The first-order valence-electron chi connectivity index (χ1n) is 10.3. The minimum atomic E-state index is -0.375. The van der Waals surface area contributed by atoms with Crippen molar-refractivity contribution in [2.75, 3.05) is 24.5 Å². The van der Waals surface area contributed by atoms with Gasteiger partial charge in [0.25, 0.3) is 0 Å². The molecule has 2 aromatic rings. The summed E-state index contributed by atoms with van der Waals surface area (Å²) < 4.78 is 0. The smallest absolute Gasteiger partial charge is 0.244 e. The summed E-state index contributed by atoms with van der Waals surface area (Å²) in [7, 11) is 0. The number of aromatic nitrogens is 2. The molecule has 30 heavy (non-hydrogen) atoms. The zero-order valence-corrected chi connectivity index (χ0v) is 19.4. The number of carbonyl (C=O) groups is 2. The maximum absolute atomic E-state index is 12.8. The van der Waals surface area contributed by atoms with Gasteiger partial charge in [0.1, 0.15) is 11.7 Å². The summed E-state index contributed by atoms with van der Waals surface area (Å²) in [5.74, 6) is 0.0347. The third-order valence-electron chi connectivity index (χ3n) is 5.15.